The summed E-state index contributed by atoms with van der Waals surface area (Å²) in [7, 11) is -4.15. The van der Waals surface area contributed by atoms with E-state index in [2.05, 4.69) is 25.0 Å². The first-order chi connectivity index (χ1) is 18.0. The van der Waals surface area contributed by atoms with Crippen LogP contribution in [0.1, 0.15) is 46.3 Å². The van der Waals surface area contributed by atoms with E-state index >= 15 is 0 Å². The molecule has 2 aromatic rings. The van der Waals surface area contributed by atoms with Gasteiger partial charge in [0.05, 0.1) is 38.3 Å². The Morgan fingerprint density at radius 3 is 2.84 bits per heavy atom. The molecule has 0 amide bonds. The highest BCUT2D eigenvalue weighted by atomic mass is 35.5. The van der Waals surface area contributed by atoms with Crippen molar-refractivity contribution in [3.8, 4) is 0 Å². The molecule has 0 aromatic carbocycles. The predicted molar refractivity (Wildman–Crippen MR) is 135 cm³/mol. The van der Waals surface area contributed by atoms with Crippen molar-refractivity contribution in [3.05, 3.63) is 11.6 Å². The second-order valence-electron chi connectivity index (χ2n) is 10.3. The quantitative estimate of drug-likeness (QED) is 0.172. The van der Waals surface area contributed by atoms with Crippen LogP contribution in [0.2, 0.25) is 5.28 Å². The molecular weight excluding hydrogens is 545 g/mol. The topological polar surface area (TPSA) is 165 Å². The van der Waals surface area contributed by atoms with Gasteiger partial charge < -0.3 is 33.9 Å². The van der Waals surface area contributed by atoms with Crippen LogP contribution >= 0.6 is 19.2 Å². The van der Waals surface area contributed by atoms with Gasteiger partial charge in [0.2, 0.25) is 12.1 Å². The monoisotopic (exact) mass is 577 g/mol. The van der Waals surface area contributed by atoms with E-state index in [0.29, 0.717) is 43.0 Å². The van der Waals surface area contributed by atoms with Gasteiger partial charge in [-0.2, -0.15) is 9.97 Å². The second kappa shape index (κ2) is 12.4. The van der Waals surface area contributed by atoms with E-state index in [4.69, 9.17) is 35.1 Å². The maximum Gasteiger partial charge on any atom is 0.510 e. The molecule has 2 saturated heterocycles. The average molecular weight is 578 g/mol. The Bertz CT molecular complexity index is 1150. The Morgan fingerprint density at radius 2 is 2.11 bits per heavy atom. The van der Waals surface area contributed by atoms with Gasteiger partial charge in [-0.1, -0.05) is 20.8 Å². The Morgan fingerprint density at radius 1 is 1.29 bits per heavy atom. The van der Waals surface area contributed by atoms with Crippen LogP contribution in [-0.4, -0.2) is 82.3 Å². The number of carbonyl (C=O) groups is 1. The minimum Gasteiger partial charge on any atom is -0.434 e. The highest BCUT2D eigenvalue weighted by Gasteiger charge is 2.30. The molecule has 0 radical (unpaired) electrons. The number of rotatable bonds is 11. The Labute approximate surface area is 224 Å². The molecule has 14 nitrogen and oxygen atoms in total. The zero-order valence-corrected chi connectivity index (χ0v) is 23.2. The summed E-state index contributed by atoms with van der Waals surface area (Å²) in [5, 5.41) is 3.41. The largest absolute Gasteiger partial charge is 0.510 e. The summed E-state index contributed by atoms with van der Waals surface area (Å²) < 4.78 is 45.1. The molecule has 0 saturated carbocycles. The second-order valence-corrected chi connectivity index (χ2v) is 12.4. The molecule has 1 unspecified atom stereocenters. The summed E-state index contributed by atoms with van der Waals surface area (Å²) in [6, 6.07) is 0.124. The number of nitrogens with one attached hydrogen (secondary N) is 1. The van der Waals surface area contributed by atoms with Gasteiger partial charge in [0, 0.05) is 6.61 Å². The number of aromatic nitrogens is 4. The van der Waals surface area contributed by atoms with E-state index in [0.717, 1.165) is 6.42 Å². The normalized spacial score (nSPS) is 23.4. The fourth-order valence-corrected chi connectivity index (χ4v) is 4.66. The van der Waals surface area contributed by atoms with Gasteiger partial charge >= 0.3 is 13.8 Å². The van der Waals surface area contributed by atoms with Crippen LogP contribution in [0.4, 0.5) is 10.6 Å². The van der Waals surface area contributed by atoms with Crippen molar-refractivity contribution in [2.24, 2.45) is 5.41 Å². The number of halogens is 1. The third-order valence-corrected chi connectivity index (χ3v) is 6.86. The molecule has 4 atom stereocenters. The molecule has 0 aliphatic carbocycles. The fourth-order valence-electron chi connectivity index (χ4n) is 3.87. The molecule has 2 N–H and O–H groups in total. The summed E-state index contributed by atoms with van der Waals surface area (Å²) >= 11 is 6.18. The van der Waals surface area contributed by atoms with Crippen LogP contribution in [0.5, 0.6) is 0 Å². The number of nitrogens with zero attached hydrogens (tertiary/aromatic N) is 4. The van der Waals surface area contributed by atoms with E-state index in [1.807, 2.05) is 20.8 Å². The molecule has 16 heteroatoms. The first-order valence-electron chi connectivity index (χ1n) is 12.2. The summed E-state index contributed by atoms with van der Waals surface area (Å²) in [6.07, 6.45) is 1.51. The van der Waals surface area contributed by atoms with E-state index in [1.54, 1.807) is 10.9 Å². The van der Waals surface area contributed by atoms with Gasteiger partial charge in [0.1, 0.15) is 12.6 Å². The third-order valence-electron chi connectivity index (χ3n) is 5.67. The zero-order valence-electron chi connectivity index (χ0n) is 21.5. The van der Waals surface area contributed by atoms with Gasteiger partial charge in [-0.25, -0.2) is 9.78 Å². The molecule has 2 aromatic heterocycles. The lowest BCUT2D eigenvalue weighted by Gasteiger charge is -2.18. The van der Waals surface area contributed by atoms with Crippen LogP contribution < -0.4 is 5.32 Å². The lowest BCUT2D eigenvalue weighted by molar-refractivity contribution is -0.0377. The molecule has 0 bridgehead atoms. The maximum atomic E-state index is 12.2. The highest BCUT2D eigenvalue weighted by Crippen LogP contribution is 2.42. The van der Waals surface area contributed by atoms with Crippen molar-refractivity contribution in [2.45, 2.75) is 58.4 Å². The van der Waals surface area contributed by atoms with Crippen molar-refractivity contribution in [1.82, 2.24) is 19.5 Å². The molecule has 4 heterocycles. The number of hydrogen-bond acceptors (Lipinski definition) is 12. The van der Waals surface area contributed by atoms with E-state index < -0.39 is 26.9 Å². The van der Waals surface area contributed by atoms with E-state index in [1.165, 1.54) is 0 Å². The van der Waals surface area contributed by atoms with Gasteiger partial charge in [-0.05, 0) is 36.3 Å². The first kappa shape index (κ1) is 28.9. The number of fused-ring (bicyclic) bond motifs is 1. The van der Waals surface area contributed by atoms with E-state index in [9.17, 15) is 14.3 Å². The molecule has 2 aliphatic rings. The molecule has 38 heavy (non-hydrogen) atoms. The number of imidazole rings is 1. The molecule has 0 spiro atoms. The summed E-state index contributed by atoms with van der Waals surface area (Å²) in [4.78, 5) is 34.5. The van der Waals surface area contributed by atoms with Crippen LogP contribution in [-0.2, 0) is 32.8 Å². The molecule has 212 valence electrons. The number of anilines is 1. The predicted octanol–water partition coefficient (Wildman–Crippen LogP) is 3.69. The van der Waals surface area contributed by atoms with E-state index in [-0.39, 0.29) is 42.3 Å². The smallest absolute Gasteiger partial charge is 0.434 e. The standard InChI is InChI=1S/C22H33ClN5O9P/c1-22(2,3)10-34-21(29)35-12-36-38(30,31)13-33-9-15-4-5-16(37-15)28-11-24-17-18(25-14-6-7-32-8-14)26-20(23)27-19(17)28/h11,14-16H,4-10,12-13H2,1-3H3,(H,30,31)(H,25,26,27)/t14-,15-,16+/m0/s1. The van der Waals surface area contributed by atoms with Crippen molar-refractivity contribution >= 4 is 42.3 Å². The number of hydrogen-bond donors (Lipinski definition) is 2. The molecule has 4 rings (SSSR count). The average Bonchev–Trinajstić information content (AvgIpc) is 3.58. The minimum atomic E-state index is -4.15. The molecule has 2 aliphatic heterocycles. The number of carbonyl (C=O) groups excluding carboxylic acids is 1. The lowest BCUT2D eigenvalue weighted by atomic mass is 9.99. The summed E-state index contributed by atoms with van der Waals surface area (Å²) in [5.74, 6) is 0.539. The Kier molecular flexibility index (Phi) is 9.45. The van der Waals surface area contributed by atoms with Crippen LogP contribution in [0.25, 0.3) is 11.2 Å². The first-order valence-corrected chi connectivity index (χ1v) is 14.4. The third kappa shape index (κ3) is 8.22. The van der Waals surface area contributed by atoms with Gasteiger partial charge in [0.15, 0.2) is 17.0 Å². The summed E-state index contributed by atoms with van der Waals surface area (Å²) in [5.41, 5.74) is 0.873. The lowest BCUT2D eigenvalue weighted by Crippen LogP contribution is -2.20. The highest BCUT2D eigenvalue weighted by molar-refractivity contribution is 7.52. The van der Waals surface area contributed by atoms with Gasteiger partial charge in [-0.15, -0.1) is 0 Å². The van der Waals surface area contributed by atoms with Gasteiger partial charge in [-0.3, -0.25) is 13.7 Å². The molecule has 2 fully saturated rings. The van der Waals surface area contributed by atoms with Crippen molar-refractivity contribution in [1.29, 1.82) is 0 Å². The van der Waals surface area contributed by atoms with Crippen molar-refractivity contribution in [3.63, 3.8) is 0 Å². The van der Waals surface area contributed by atoms with Crippen LogP contribution in [0.15, 0.2) is 6.33 Å². The zero-order chi connectivity index (χ0) is 27.3. The van der Waals surface area contributed by atoms with Crippen LogP contribution in [0, 0.1) is 5.41 Å². The Balaban J connectivity index is 1.23. The maximum absolute atomic E-state index is 12.2. The summed E-state index contributed by atoms with van der Waals surface area (Å²) in [6.45, 7) is 6.39. The fraction of sp³-hybridized carbons (Fsp3) is 0.727. The van der Waals surface area contributed by atoms with Crippen LogP contribution in [0.3, 0.4) is 0 Å². The van der Waals surface area contributed by atoms with Crippen molar-refractivity contribution < 1.29 is 42.5 Å². The minimum absolute atomic E-state index is 0.0652. The Hall–Kier alpha value is -2.06. The SMILES string of the molecule is CC(C)(C)COC(=O)OCOP(=O)(O)COC[C@@H]1CC[C@H](n2cnc3c(N[C@H]4CCOC4)nc(Cl)nc32)O1. The molecular formula is C22H33ClN5O9P. The number of ether oxygens (including phenoxy) is 5. The van der Waals surface area contributed by atoms with Gasteiger partial charge in [0.25, 0.3) is 0 Å². The van der Waals surface area contributed by atoms with Crippen molar-refractivity contribution in [2.75, 3.05) is 44.9 Å².